The minimum absolute atomic E-state index is 0.189. The number of halogens is 8. The van der Waals surface area contributed by atoms with Crippen molar-refractivity contribution in [2.24, 2.45) is 0 Å². The highest BCUT2D eigenvalue weighted by Gasteiger charge is 2.50. The fourth-order valence-corrected chi connectivity index (χ4v) is 3.55. The molecule has 2 heterocycles. The first-order valence-electron chi connectivity index (χ1n) is 8.34. The molecule has 0 spiro atoms. The van der Waals surface area contributed by atoms with Crippen LogP contribution in [-0.2, 0) is 17.6 Å². The number of aromatic nitrogens is 2. The highest BCUT2D eigenvalue weighted by Crippen LogP contribution is 2.50. The molecule has 0 aliphatic heterocycles. The monoisotopic (exact) mass is 459 g/mol. The van der Waals surface area contributed by atoms with Gasteiger partial charge in [0.1, 0.15) is 5.15 Å². The third-order valence-electron chi connectivity index (χ3n) is 4.68. The number of nitrogens with zero attached hydrogens (tertiary/aromatic N) is 2. The molecular weight excluding hydrogens is 447 g/mol. The maximum atomic E-state index is 14.4. The summed E-state index contributed by atoms with van der Waals surface area (Å²) in [6.45, 7) is -4.31. The fourth-order valence-electron chi connectivity index (χ4n) is 3.25. The molecule has 1 unspecified atom stereocenters. The van der Waals surface area contributed by atoms with Crippen LogP contribution >= 0.6 is 11.6 Å². The molecule has 164 valence electrons. The summed E-state index contributed by atoms with van der Waals surface area (Å²) < 4.78 is 97.2. The molecule has 0 aromatic carbocycles. The number of nitrogens with one attached hydrogen (secondary N) is 1. The lowest BCUT2D eigenvalue weighted by Gasteiger charge is -2.41. The average Bonchev–Trinajstić information content (AvgIpc) is 2.64. The lowest BCUT2D eigenvalue weighted by molar-refractivity contribution is -0.138. The SMILES string of the molecule is OCC1(Nc2ncc(C(F)(F)F)cc2OC(F)F)CCC(F)(F)c2c1ccnc2Cl. The van der Waals surface area contributed by atoms with Crippen LogP contribution in [0.3, 0.4) is 0 Å². The molecule has 3 rings (SSSR count). The van der Waals surface area contributed by atoms with E-state index < -0.39 is 71.5 Å². The van der Waals surface area contributed by atoms with Gasteiger partial charge in [-0.25, -0.2) is 18.7 Å². The van der Waals surface area contributed by atoms with Crippen LogP contribution in [0.2, 0.25) is 5.15 Å². The van der Waals surface area contributed by atoms with E-state index in [1.807, 2.05) is 0 Å². The van der Waals surface area contributed by atoms with Crippen molar-refractivity contribution < 1.29 is 40.6 Å². The number of ether oxygens (including phenoxy) is 1. The standard InChI is InChI=1S/C17H13ClF7N3O2/c18-12-11-9(1-4-26-12)15(7-29,2-3-16(11,21)22)28-13-10(30-14(19)20)5-8(6-27-13)17(23,24)25/h1,4-6,14,29H,2-3,7H2,(H,27,28). The Hall–Kier alpha value is -2.34. The van der Waals surface area contributed by atoms with Crippen LogP contribution in [0.5, 0.6) is 5.75 Å². The third kappa shape index (κ3) is 4.10. The highest BCUT2D eigenvalue weighted by molar-refractivity contribution is 6.30. The topological polar surface area (TPSA) is 67.3 Å². The van der Waals surface area contributed by atoms with Crippen LogP contribution in [0.1, 0.15) is 29.5 Å². The zero-order valence-corrected chi connectivity index (χ0v) is 15.5. The van der Waals surface area contributed by atoms with E-state index in [1.165, 1.54) is 0 Å². The van der Waals surface area contributed by atoms with Crippen molar-refractivity contribution in [3.63, 3.8) is 0 Å². The summed E-state index contributed by atoms with van der Waals surface area (Å²) in [7, 11) is 0. The second-order valence-corrected chi connectivity index (χ2v) is 6.90. The number of fused-ring (bicyclic) bond motifs is 1. The molecule has 1 atom stereocenters. The van der Waals surface area contributed by atoms with Gasteiger partial charge in [0, 0.05) is 18.8 Å². The molecule has 0 saturated heterocycles. The van der Waals surface area contributed by atoms with Gasteiger partial charge in [-0.2, -0.15) is 22.0 Å². The minimum Gasteiger partial charge on any atom is -0.431 e. The van der Waals surface area contributed by atoms with Gasteiger partial charge in [0.15, 0.2) is 11.6 Å². The quantitative estimate of drug-likeness (QED) is 0.490. The summed E-state index contributed by atoms with van der Waals surface area (Å²) in [5.74, 6) is -4.95. The van der Waals surface area contributed by atoms with Crippen molar-refractivity contribution in [2.75, 3.05) is 11.9 Å². The number of hydrogen-bond donors (Lipinski definition) is 2. The first-order valence-corrected chi connectivity index (χ1v) is 8.72. The number of anilines is 1. The average molecular weight is 460 g/mol. The van der Waals surface area contributed by atoms with Gasteiger partial charge in [-0.1, -0.05) is 11.6 Å². The van der Waals surface area contributed by atoms with E-state index in [4.69, 9.17) is 11.6 Å². The first-order chi connectivity index (χ1) is 13.9. The normalized spacial score (nSPS) is 20.7. The summed E-state index contributed by atoms with van der Waals surface area (Å²) in [6.07, 6.45) is -4.64. The molecule has 2 aromatic rings. The van der Waals surface area contributed by atoms with Crippen LogP contribution in [0.4, 0.5) is 36.6 Å². The van der Waals surface area contributed by atoms with Crippen molar-refractivity contribution >= 4 is 17.4 Å². The summed E-state index contributed by atoms with van der Waals surface area (Å²) >= 11 is 5.82. The van der Waals surface area contributed by atoms with Gasteiger partial charge in [0.2, 0.25) is 0 Å². The van der Waals surface area contributed by atoms with E-state index >= 15 is 0 Å². The molecule has 2 aromatic heterocycles. The largest absolute Gasteiger partial charge is 0.431 e. The van der Waals surface area contributed by atoms with Crippen LogP contribution in [-0.4, -0.2) is 28.3 Å². The Bertz CT molecular complexity index is 942. The molecule has 1 aliphatic rings. The number of aliphatic hydroxyl groups is 1. The number of aliphatic hydroxyl groups excluding tert-OH is 1. The van der Waals surface area contributed by atoms with Crippen molar-refractivity contribution in [3.8, 4) is 5.75 Å². The van der Waals surface area contributed by atoms with E-state index in [1.54, 1.807) is 0 Å². The first kappa shape index (κ1) is 22.3. The number of rotatable bonds is 5. The van der Waals surface area contributed by atoms with Crippen molar-refractivity contribution in [2.45, 2.75) is 37.1 Å². The van der Waals surface area contributed by atoms with Gasteiger partial charge in [-0.05, 0) is 24.1 Å². The molecule has 5 nitrogen and oxygen atoms in total. The maximum absolute atomic E-state index is 14.4. The predicted molar refractivity (Wildman–Crippen MR) is 90.6 cm³/mol. The van der Waals surface area contributed by atoms with Crippen LogP contribution < -0.4 is 10.1 Å². The molecule has 0 radical (unpaired) electrons. The van der Waals surface area contributed by atoms with Gasteiger partial charge in [-0.15, -0.1) is 0 Å². The molecule has 0 saturated carbocycles. The van der Waals surface area contributed by atoms with Crippen LogP contribution in [0, 0.1) is 0 Å². The molecule has 0 amide bonds. The Balaban J connectivity index is 2.11. The zero-order valence-electron chi connectivity index (χ0n) is 14.8. The minimum atomic E-state index is -4.89. The van der Waals surface area contributed by atoms with E-state index in [0.717, 1.165) is 12.3 Å². The molecule has 0 bridgehead atoms. The second-order valence-electron chi connectivity index (χ2n) is 6.54. The van der Waals surface area contributed by atoms with E-state index in [0.29, 0.717) is 12.3 Å². The van der Waals surface area contributed by atoms with Gasteiger partial charge < -0.3 is 15.2 Å². The summed E-state index contributed by atoms with van der Waals surface area (Å²) in [5, 5.41) is 12.0. The predicted octanol–water partition coefficient (Wildman–Crippen LogP) is 4.94. The number of pyridine rings is 2. The van der Waals surface area contributed by atoms with Gasteiger partial charge in [0.05, 0.1) is 23.3 Å². The number of hydrogen-bond acceptors (Lipinski definition) is 5. The lowest BCUT2D eigenvalue weighted by atomic mass is 9.76. The summed E-state index contributed by atoms with van der Waals surface area (Å²) in [5.41, 5.74) is -3.94. The third-order valence-corrected chi connectivity index (χ3v) is 4.96. The van der Waals surface area contributed by atoms with Crippen LogP contribution in [0.15, 0.2) is 24.5 Å². The van der Waals surface area contributed by atoms with Gasteiger partial charge in [-0.3, -0.25) is 0 Å². The Morgan fingerprint density at radius 3 is 2.53 bits per heavy atom. The van der Waals surface area contributed by atoms with E-state index in [9.17, 15) is 35.8 Å². The molecule has 1 aliphatic carbocycles. The van der Waals surface area contributed by atoms with Crippen molar-refractivity contribution in [3.05, 3.63) is 46.4 Å². The zero-order chi connectivity index (χ0) is 22.3. The highest BCUT2D eigenvalue weighted by atomic mass is 35.5. The maximum Gasteiger partial charge on any atom is 0.418 e. The molecule has 0 fully saturated rings. The van der Waals surface area contributed by atoms with E-state index in [2.05, 4.69) is 20.0 Å². The van der Waals surface area contributed by atoms with E-state index in [-0.39, 0.29) is 5.56 Å². The lowest BCUT2D eigenvalue weighted by Crippen LogP contribution is -2.46. The summed E-state index contributed by atoms with van der Waals surface area (Å²) in [6, 6.07) is 1.44. The molecule has 30 heavy (non-hydrogen) atoms. The number of alkyl halides is 7. The van der Waals surface area contributed by atoms with Gasteiger partial charge in [0.25, 0.3) is 5.92 Å². The van der Waals surface area contributed by atoms with Crippen molar-refractivity contribution in [1.82, 2.24) is 9.97 Å². The second kappa shape index (κ2) is 7.73. The molecule has 13 heteroatoms. The Morgan fingerprint density at radius 1 is 1.23 bits per heavy atom. The van der Waals surface area contributed by atoms with Gasteiger partial charge >= 0.3 is 12.8 Å². The Kier molecular flexibility index (Phi) is 5.76. The summed E-state index contributed by atoms with van der Waals surface area (Å²) in [4.78, 5) is 7.08. The smallest absolute Gasteiger partial charge is 0.418 e. The van der Waals surface area contributed by atoms with Crippen molar-refractivity contribution in [1.29, 1.82) is 0 Å². The molecular formula is C17H13ClF7N3O2. The Labute approximate surface area is 169 Å². The fraction of sp³-hybridized carbons (Fsp3) is 0.412. The molecule has 2 N–H and O–H groups in total. The van der Waals surface area contributed by atoms with Crippen LogP contribution in [0.25, 0.3) is 0 Å². The Morgan fingerprint density at radius 2 is 1.93 bits per heavy atom.